The molecule has 1 unspecified atom stereocenters. The monoisotopic (exact) mass is 506 g/mol. The second-order valence-corrected chi connectivity index (χ2v) is 9.81. The van der Waals surface area contributed by atoms with Crippen LogP contribution in [-0.4, -0.2) is 24.4 Å². The molecule has 3 aromatic carbocycles. The van der Waals surface area contributed by atoms with Crippen molar-refractivity contribution in [2.24, 2.45) is 5.73 Å². The second kappa shape index (κ2) is 10.4. The van der Waals surface area contributed by atoms with Crippen LogP contribution in [0.25, 0.3) is 0 Å². The van der Waals surface area contributed by atoms with E-state index in [1.54, 1.807) is 6.92 Å². The largest absolute Gasteiger partial charge is 0.368 e. The standard InChI is InChI=1S/C24H21ClF2N2O4S/c1-2-22(30)16-5-3-15(4-6-16)14-29(34(32,33)21-9-7-18(25)8-10-21)23(24(28)31)17-11-19(26)13-20(27)12-17/h3-13,23H,2,14H2,1H3,(H2,28,31). The summed E-state index contributed by atoms with van der Waals surface area (Å²) < 4.78 is 55.9. The molecule has 34 heavy (non-hydrogen) atoms. The van der Waals surface area contributed by atoms with Crippen molar-refractivity contribution in [2.45, 2.75) is 30.8 Å². The lowest BCUT2D eigenvalue weighted by atomic mass is 10.0. The molecule has 2 N–H and O–H groups in total. The molecule has 0 heterocycles. The first kappa shape index (κ1) is 25.5. The highest BCUT2D eigenvalue weighted by Gasteiger charge is 2.36. The Bertz CT molecular complexity index is 1290. The zero-order valence-corrected chi connectivity index (χ0v) is 19.6. The predicted molar refractivity (Wildman–Crippen MR) is 124 cm³/mol. The van der Waals surface area contributed by atoms with Crippen molar-refractivity contribution in [3.63, 3.8) is 0 Å². The van der Waals surface area contributed by atoms with Gasteiger partial charge in [0, 0.05) is 29.6 Å². The summed E-state index contributed by atoms with van der Waals surface area (Å²) in [5.41, 5.74) is 6.15. The Morgan fingerprint density at radius 3 is 2.03 bits per heavy atom. The van der Waals surface area contributed by atoms with Gasteiger partial charge in [0.25, 0.3) is 0 Å². The number of hydrogen-bond donors (Lipinski definition) is 1. The number of primary amides is 1. The quantitative estimate of drug-likeness (QED) is 0.428. The Hall–Kier alpha value is -3.14. The molecule has 10 heteroatoms. The third kappa shape index (κ3) is 5.67. The Morgan fingerprint density at radius 1 is 0.971 bits per heavy atom. The molecule has 1 amide bonds. The van der Waals surface area contributed by atoms with E-state index in [2.05, 4.69) is 0 Å². The fourth-order valence-corrected chi connectivity index (χ4v) is 5.14. The molecule has 0 saturated carbocycles. The van der Waals surface area contributed by atoms with Crippen molar-refractivity contribution in [1.82, 2.24) is 4.31 Å². The van der Waals surface area contributed by atoms with Crippen LogP contribution in [0.5, 0.6) is 0 Å². The third-order valence-electron chi connectivity index (χ3n) is 5.11. The van der Waals surface area contributed by atoms with E-state index < -0.39 is 33.6 Å². The molecular formula is C24H21ClF2N2O4S. The summed E-state index contributed by atoms with van der Waals surface area (Å²) in [4.78, 5) is 24.2. The zero-order valence-electron chi connectivity index (χ0n) is 18.0. The molecule has 3 rings (SSSR count). The number of Topliss-reactive ketones (excluding diaryl/α,β-unsaturated/α-hetero) is 1. The highest BCUT2D eigenvalue weighted by atomic mass is 35.5. The van der Waals surface area contributed by atoms with Crippen molar-refractivity contribution in [2.75, 3.05) is 0 Å². The van der Waals surface area contributed by atoms with Gasteiger partial charge in [0.2, 0.25) is 15.9 Å². The SMILES string of the molecule is CCC(=O)c1ccc(CN(C(C(N)=O)c2cc(F)cc(F)c2)S(=O)(=O)c2ccc(Cl)cc2)cc1. The highest BCUT2D eigenvalue weighted by Crippen LogP contribution is 2.31. The van der Waals surface area contributed by atoms with Crippen LogP contribution >= 0.6 is 11.6 Å². The van der Waals surface area contributed by atoms with E-state index in [-0.39, 0.29) is 22.8 Å². The van der Waals surface area contributed by atoms with Gasteiger partial charge in [0.05, 0.1) is 4.90 Å². The van der Waals surface area contributed by atoms with Crippen LogP contribution in [0, 0.1) is 11.6 Å². The van der Waals surface area contributed by atoms with Gasteiger partial charge in [-0.1, -0.05) is 42.8 Å². The van der Waals surface area contributed by atoms with Gasteiger partial charge in [-0.05, 0) is 47.5 Å². The number of carbonyl (C=O) groups excluding carboxylic acids is 2. The number of halogens is 3. The van der Waals surface area contributed by atoms with Gasteiger partial charge < -0.3 is 5.73 Å². The Kier molecular flexibility index (Phi) is 7.81. The fraction of sp³-hybridized carbons (Fsp3) is 0.167. The predicted octanol–water partition coefficient (Wildman–Crippen LogP) is 4.63. The number of nitrogens with two attached hydrogens (primary N) is 1. The number of hydrogen-bond acceptors (Lipinski definition) is 4. The fourth-order valence-electron chi connectivity index (χ4n) is 3.44. The molecule has 0 radical (unpaired) electrons. The van der Waals surface area contributed by atoms with Crippen molar-refractivity contribution in [1.29, 1.82) is 0 Å². The summed E-state index contributed by atoms with van der Waals surface area (Å²) in [6.45, 7) is 1.35. The number of ketones is 1. The molecule has 0 aromatic heterocycles. The van der Waals surface area contributed by atoms with Crippen LogP contribution in [0.15, 0.2) is 71.6 Å². The first-order valence-electron chi connectivity index (χ1n) is 10.2. The van der Waals surface area contributed by atoms with Gasteiger partial charge >= 0.3 is 0 Å². The van der Waals surface area contributed by atoms with Crippen molar-refractivity contribution >= 4 is 33.3 Å². The number of amides is 1. The molecule has 0 aliphatic rings. The number of benzene rings is 3. The molecule has 0 bridgehead atoms. The van der Waals surface area contributed by atoms with Gasteiger partial charge in [-0.25, -0.2) is 17.2 Å². The van der Waals surface area contributed by atoms with E-state index in [4.69, 9.17) is 17.3 Å². The minimum Gasteiger partial charge on any atom is -0.368 e. The average Bonchev–Trinajstić information content (AvgIpc) is 2.78. The van der Waals surface area contributed by atoms with Gasteiger partial charge in [-0.2, -0.15) is 4.31 Å². The van der Waals surface area contributed by atoms with Crippen LogP contribution < -0.4 is 5.73 Å². The maximum atomic E-state index is 14.0. The summed E-state index contributed by atoms with van der Waals surface area (Å²) in [5, 5.41) is 0.292. The van der Waals surface area contributed by atoms with Gasteiger partial charge in [-0.15, -0.1) is 0 Å². The summed E-state index contributed by atoms with van der Waals surface area (Å²) >= 11 is 5.87. The molecular weight excluding hydrogens is 486 g/mol. The lowest BCUT2D eigenvalue weighted by Crippen LogP contribution is -2.41. The van der Waals surface area contributed by atoms with Crippen LogP contribution in [0.4, 0.5) is 8.78 Å². The Balaban J connectivity index is 2.14. The first-order valence-corrected chi connectivity index (χ1v) is 12.0. The molecule has 178 valence electrons. The molecule has 0 aliphatic heterocycles. The molecule has 1 atom stereocenters. The van der Waals surface area contributed by atoms with E-state index >= 15 is 0 Å². The van der Waals surface area contributed by atoms with E-state index in [1.807, 2.05) is 0 Å². The van der Waals surface area contributed by atoms with E-state index in [0.717, 1.165) is 16.4 Å². The summed E-state index contributed by atoms with van der Waals surface area (Å²) in [6.07, 6.45) is 0.297. The maximum absolute atomic E-state index is 14.0. The van der Waals surface area contributed by atoms with Crippen LogP contribution in [0.1, 0.15) is 40.9 Å². The minimum absolute atomic E-state index is 0.0950. The molecule has 0 aliphatic carbocycles. The zero-order chi connectivity index (χ0) is 25.0. The normalized spacial score (nSPS) is 12.5. The molecule has 0 saturated heterocycles. The molecule has 0 fully saturated rings. The maximum Gasteiger partial charge on any atom is 0.244 e. The van der Waals surface area contributed by atoms with E-state index in [0.29, 0.717) is 28.6 Å². The van der Waals surface area contributed by atoms with E-state index in [9.17, 15) is 26.8 Å². The average molecular weight is 507 g/mol. The number of carbonyl (C=O) groups is 2. The lowest BCUT2D eigenvalue weighted by Gasteiger charge is -2.29. The lowest BCUT2D eigenvalue weighted by molar-refractivity contribution is -0.122. The second-order valence-electron chi connectivity index (χ2n) is 7.49. The smallest absolute Gasteiger partial charge is 0.244 e. The summed E-state index contributed by atoms with van der Waals surface area (Å²) in [6, 6.07) is 12.0. The van der Waals surface area contributed by atoms with Crippen molar-refractivity contribution in [3.8, 4) is 0 Å². The molecule has 0 spiro atoms. The van der Waals surface area contributed by atoms with Gasteiger partial charge in [-0.3, -0.25) is 9.59 Å². The summed E-state index contributed by atoms with van der Waals surface area (Å²) in [7, 11) is -4.40. The van der Waals surface area contributed by atoms with Crippen LogP contribution in [-0.2, 0) is 21.4 Å². The van der Waals surface area contributed by atoms with Crippen LogP contribution in [0.3, 0.4) is 0 Å². The number of nitrogens with zero attached hydrogens (tertiary/aromatic N) is 1. The van der Waals surface area contributed by atoms with Crippen molar-refractivity contribution < 1.29 is 26.8 Å². The van der Waals surface area contributed by atoms with Gasteiger partial charge in [0.15, 0.2) is 5.78 Å². The van der Waals surface area contributed by atoms with Gasteiger partial charge in [0.1, 0.15) is 17.7 Å². The van der Waals surface area contributed by atoms with Crippen molar-refractivity contribution in [3.05, 3.63) is 100 Å². The molecule has 3 aromatic rings. The summed E-state index contributed by atoms with van der Waals surface area (Å²) in [5.74, 6) is -3.21. The highest BCUT2D eigenvalue weighted by molar-refractivity contribution is 7.89. The third-order valence-corrected chi connectivity index (χ3v) is 7.19. The van der Waals surface area contributed by atoms with E-state index in [1.165, 1.54) is 48.5 Å². The Morgan fingerprint density at radius 2 is 1.53 bits per heavy atom. The minimum atomic E-state index is -4.40. The topological polar surface area (TPSA) is 97.5 Å². The van der Waals surface area contributed by atoms with Crippen LogP contribution in [0.2, 0.25) is 5.02 Å². The first-order chi connectivity index (χ1) is 16.0. The molecule has 6 nitrogen and oxygen atoms in total. The number of sulfonamides is 1. The Labute approximate surface area is 201 Å². The number of rotatable bonds is 9.